The standard InChI is InChI=1S/C14H13N5OS/c1-9-15-14(19(2)18-9)17-12(20)11-8-21-13(16-11)10-6-4-3-5-7-10/h3-8H,1-2H3,(H,15,17,18,20). The lowest BCUT2D eigenvalue weighted by atomic mass is 10.2. The lowest BCUT2D eigenvalue weighted by Gasteiger charge is -2.00. The van der Waals surface area contributed by atoms with Crippen molar-refractivity contribution in [3.05, 3.63) is 47.2 Å². The van der Waals surface area contributed by atoms with Crippen molar-refractivity contribution in [2.45, 2.75) is 6.92 Å². The minimum absolute atomic E-state index is 0.288. The molecular formula is C14H13N5OS. The van der Waals surface area contributed by atoms with Crippen molar-refractivity contribution in [2.75, 3.05) is 5.32 Å². The van der Waals surface area contributed by atoms with Crippen LogP contribution in [-0.4, -0.2) is 25.7 Å². The maximum atomic E-state index is 12.2. The number of aromatic nitrogens is 4. The zero-order chi connectivity index (χ0) is 14.8. The van der Waals surface area contributed by atoms with E-state index < -0.39 is 0 Å². The molecule has 0 saturated heterocycles. The number of benzene rings is 1. The number of rotatable bonds is 3. The molecule has 1 N–H and O–H groups in total. The molecule has 2 heterocycles. The predicted octanol–water partition coefficient (Wildman–Crippen LogP) is 2.50. The van der Waals surface area contributed by atoms with E-state index in [1.165, 1.54) is 16.0 Å². The molecule has 0 radical (unpaired) electrons. The topological polar surface area (TPSA) is 72.7 Å². The van der Waals surface area contributed by atoms with Gasteiger partial charge in [-0.05, 0) is 6.92 Å². The van der Waals surface area contributed by atoms with Gasteiger partial charge in [0.25, 0.3) is 5.91 Å². The van der Waals surface area contributed by atoms with Gasteiger partial charge in [0.2, 0.25) is 5.95 Å². The minimum Gasteiger partial charge on any atom is -0.289 e. The summed E-state index contributed by atoms with van der Waals surface area (Å²) in [6.45, 7) is 1.77. The zero-order valence-electron chi connectivity index (χ0n) is 11.6. The normalized spacial score (nSPS) is 10.6. The molecule has 0 aliphatic heterocycles. The summed E-state index contributed by atoms with van der Waals surface area (Å²) in [6.07, 6.45) is 0. The first-order chi connectivity index (χ1) is 10.1. The highest BCUT2D eigenvalue weighted by Gasteiger charge is 2.14. The maximum absolute atomic E-state index is 12.2. The monoisotopic (exact) mass is 299 g/mol. The number of anilines is 1. The lowest BCUT2D eigenvalue weighted by Crippen LogP contribution is -2.15. The fraction of sp³-hybridized carbons (Fsp3) is 0.143. The number of amides is 1. The number of nitrogens with zero attached hydrogens (tertiary/aromatic N) is 4. The van der Waals surface area contributed by atoms with E-state index >= 15 is 0 Å². The van der Waals surface area contributed by atoms with Crippen molar-refractivity contribution < 1.29 is 4.79 Å². The molecule has 7 heteroatoms. The highest BCUT2D eigenvalue weighted by atomic mass is 32.1. The van der Waals surface area contributed by atoms with Gasteiger partial charge in [-0.15, -0.1) is 11.3 Å². The third-order valence-electron chi connectivity index (χ3n) is 2.85. The van der Waals surface area contributed by atoms with Crippen LogP contribution in [0.15, 0.2) is 35.7 Å². The molecule has 0 fully saturated rings. The van der Waals surface area contributed by atoms with Crippen LogP contribution in [0.25, 0.3) is 10.6 Å². The summed E-state index contributed by atoms with van der Waals surface area (Å²) in [6, 6.07) is 9.76. The molecule has 3 aromatic rings. The van der Waals surface area contributed by atoms with Gasteiger partial charge in [0, 0.05) is 18.0 Å². The Hall–Kier alpha value is -2.54. The van der Waals surface area contributed by atoms with Gasteiger partial charge in [0.05, 0.1) is 0 Å². The molecule has 0 spiro atoms. The SMILES string of the molecule is Cc1nc(NC(=O)c2csc(-c3ccccc3)n2)n(C)n1. The Morgan fingerprint density at radius 2 is 2.00 bits per heavy atom. The van der Waals surface area contributed by atoms with E-state index in [4.69, 9.17) is 0 Å². The van der Waals surface area contributed by atoms with Crippen LogP contribution < -0.4 is 5.32 Å². The predicted molar refractivity (Wildman–Crippen MR) is 81.2 cm³/mol. The summed E-state index contributed by atoms with van der Waals surface area (Å²) in [7, 11) is 1.73. The second-order valence-corrected chi connectivity index (χ2v) is 5.32. The number of hydrogen-bond acceptors (Lipinski definition) is 5. The van der Waals surface area contributed by atoms with Crippen molar-refractivity contribution in [1.82, 2.24) is 19.7 Å². The largest absolute Gasteiger partial charge is 0.289 e. The molecule has 0 aliphatic rings. The molecule has 0 unspecified atom stereocenters. The van der Waals surface area contributed by atoms with Crippen LogP contribution in [0.4, 0.5) is 5.95 Å². The first-order valence-corrected chi connectivity index (χ1v) is 7.21. The summed E-state index contributed by atoms with van der Waals surface area (Å²) in [5.41, 5.74) is 1.37. The van der Waals surface area contributed by atoms with Gasteiger partial charge in [0.1, 0.15) is 16.5 Å². The van der Waals surface area contributed by atoms with Crippen molar-refractivity contribution in [1.29, 1.82) is 0 Å². The number of nitrogens with one attached hydrogen (secondary N) is 1. The number of aryl methyl sites for hydroxylation is 2. The molecule has 0 atom stereocenters. The third kappa shape index (κ3) is 2.82. The van der Waals surface area contributed by atoms with Crippen molar-refractivity contribution >= 4 is 23.2 Å². The van der Waals surface area contributed by atoms with Gasteiger partial charge in [-0.1, -0.05) is 30.3 Å². The van der Waals surface area contributed by atoms with Crippen LogP contribution in [0, 0.1) is 6.92 Å². The molecule has 1 aromatic carbocycles. The Kier molecular flexibility index (Phi) is 3.49. The number of carbonyl (C=O) groups is 1. The molecule has 21 heavy (non-hydrogen) atoms. The Morgan fingerprint density at radius 1 is 1.24 bits per heavy atom. The average Bonchev–Trinajstić information content (AvgIpc) is 3.07. The summed E-state index contributed by atoms with van der Waals surface area (Å²) in [4.78, 5) is 20.7. The smallest absolute Gasteiger partial charge is 0.277 e. The van der Waals surface area contributed by atoms with E-state index in [-0.39, 0.29) is 5.91 Å². The van der Waals surface area contributed by atoms with E-state index in [2.05, 4.69) is 20.4 Å². The van der Waals surface area contributed by atoms with E-state index in [1.807, 2.05) is 30.3 Å². The van der Waals surface area contributed by atoms with E-state index in [1.54, 1.807) is 19.4 Å². The van der Waals surface area contributed by atoms with Gasteiger partial charge in [-0.25, -0.2) is 9.67 Å². The Balaban J connectivity index is 1.80. The highest BCUT2D eigenvalue weighted by molar-refractivity contribution is 7.13. The molecule has 0 aliphatic carbocycles. The van der Waals surface area contributed by atoms with Crippen LogP contribution in [0.5, 0.6) is 0 Å². The van der Waals surface area contributed by atoms with Crippen molar-refractivity contribution in [2.24, 2.45) is 7.05 Å². The summed E-state index contributed by atoms with van der Waals surface area (Å²) < 4.78 is 1.53. The van der Waals surface area contributed by atoms with Crippen LogP contribution in [0.2, 0.25) is 0 Å². The second-order valence-electron chi connectivity index (χ2n) is 4.46. The van der Waals surface area contributed by atoms with Gasteiger partial charge in [-0.3, -0.25) is 10.1 Å². The molecular weight excluding hydrogens is 286 g/mol. The second kappa shape index (κ2) is 5.45. The molecule has 6 nitrogen and oxygen atoms in total. The lowest BCUT2D eigenvalue weighted by molar-refractivity contribution is 0.102. The number of thiazole rings is 1. The van der Waals surface area contributed by atoms with Crippen LogP contribution in [0.3, 0.4) is 0 Å². The first-order valence-electron chi connectivity index (χ1n) is 6.33. The van der Waals surface area contributed by atoms with Gasteiger partial charge >= 0.3 is 0 Å². The summed E-state index contributed by atoms with van der Waals surface area (Å²) >= 11 is 1.44. The molecule has 0 bridgehead atoms. The fourth-order valence-electron chi connectivity index (χ4n) is 1.88. The fourth-order valence-corrected chi connectivity index (χ4v) is 2.68. The van der Waals surface area contributed by atoms with Gasteiger partial charge in [0.15, 0.2) is 0 Å². The Labute approximate surface area is 125 Å². The zero-order valence-corrected chi connectivity index (χ0v) is 12.4. The van der Waals surface area contributed by atoms with Crippen LogP contribution >= 0.6 is 11.3 Å². The third-order valence-corrected chi connectivity index (χ3v) is 3.74. The van der Waals surface area contributed by atoms with Crippen LogP contribution in [-0.2, 0) is 7.05 Å². The molecule has 3 rings (SSSR count). The van der Waals surface area contributed by atoms with Crippen molar-refractivity contribution in [3.63, 3.8) is 0 Å². The average molecular weight is 299 g/mol. The summed E-state index contributed by atoms with van der Waals surface area (Å²) in [5, 5.41) is 9.34. The minimum atomic E-state index is -0.288. The Morgan fingerprint density at radius 3 is 2.67 bits per heavy atom. The maximum Gasteiger partial charge on any atom is 0.277 e. The highest BCUT2D eigenvalue weighted by Crippen LogP contribution is 2.23. The quantitative estimate of drug-likeness (QED) is 0.806. The molecule has 2 aromatic heterocycles. The van der Waals surface area contributed by atoms with Gasteiger partial charge < -0.3 is 0 Å². The number of carbonyl (C=O) groups excluding carboxylic acids is 1. The van der Waals surface area contributed by atoms with E-state index in [0.717, 1.165) is 10.6 Å². The number of hydrogen-bond donors (Lipinski definition) is 1. The van der Waals surface area contributed by atoms with Crippen LogP contribution in [0.1, 0.15) is 16.3 Å². The van der Waals surface area contributed by atoms with E-state index in [0.29, 0.717) is 17.5 Å². The molecule has 1 amide bonds. The van der Waals surface area contributed by atoms with Crippen molar-refractivity contribution in [3.8, 4) is 10.6 Å². The van der Waals surface area contributed by atoms with E-state index in [9.17, 15) is 4.79 Å². The molecule has 106 valence electrons. The Bertz CT molecular complexity index is 778. The van der Waals surface area contributed by atoms with Gasteiger partial charge in [-0.2, -0.15) is 10.1 Å². The summed E-state index contributed by atoms with van der Waals surface area (Å²) in [5.74, 6) is 0.728. The molecule has 0 saturated carbocycles. The first kappa shape index (κ1) is 13.4.